The fourth-order valence-corrected chi connectivity index (χ4v) is 2.66. The van der Waals surface area contributed by atoms with Crippen LogP contribution in [-0.2, 0) is 4.74 Å². The van der Waals surface area contributed by atoms with E-state index in [4.69, 9.17) is 9.47 Å². The number of para-hydroxylation sites is 2. The molecule has 124 valence electrons. The smallest absolute Gasteiger partial charge is 0.410 e. The number of H-pyrrole nitrogens is 1. The number of likely N-dealkylation sites (tertiary alicyclic amines) is 1. The van der Waals surface area contributed by atoms with Crippen molar-refractivity contribution in [3.8, 4) is 6.01 Å². The fraction of sp³-hybridized carbons (Fsp3) is 0.529. The van der Waals surface area contributed by atoms with Gasteiger partial charge in [0.25, 0.3) is 6.01 Å². The van der Waals surface area contributed by atoms with Gasteiger partial charge in [-0.1, -0.05) is 12.1 Å². The minimum absolute atomic E-state index is 0.247. The van der Waals surface area contributed by atoms with E-state index in [0.29, 0.717) is 31.6 Å². The normalized spacial score (nSPS) is 18.4. The third kappa shape index (κ3) is 3.94. The van der Waals surface area contributed by atoms with Crippen LogP contribution in [0.25, 0.3) is 11.0 Å². The Morgan fingerprint density at radius 3 is 2.91 bits per heavy atom. The lowest BCUT2D eigenvalue weighted by molar-refractivity contribution is 0.0284. The second-order valence-electron chi connectivity index (χ2n) is 6.95. The van der Waals surface area contributed by atoms with Crippen LogP contribution in [0, 0.1) is 5.92 Å². The Kier molecular flexibility index (Phi) is 4.15. The fourth-order valence-electron chi connectivity index (χ4n) is 2.66. The number of ether oxygens (including phenoxy) is 2. The van der Waals surface area contributed by atoms with E-state index in [1.807, 2.05) is 45.0 Å². The highest BCUT2D eigenvalue weighted by Crippen LogP contribution is 2.21. The molecule has 0 spiro atoms. The van der Waals surface area contributed by atoms with Gasteiger partial charge in [0.15, 0.2) is 0 Å². The van der Waals surface area contributed by atoms with Crippen molar-refractivity contribution in [2.24, 2.45) is 5.92 Å². The van der Waals surface area contributed by atoms with Crippen molar-refractivity contribution in [2.75, 3.05) is 19.7 Å². The molecule has 3 rings (SSSR count). The molecule has 0 radical (unpaired) electrons. The summed E-state index contributed by atoms with van der Waals surface area (Å²) in [5.41, 5.74) is 1.40. The Hall–Kier alpha value is -2.24. The average molecular weight is 317 g/mol. The molecule has 0 bridgehead atoms. The van der Waals surface area contributed by atoms with Crippen LogP contribution in [0.3, 0.4) is 0 Å². The number of hydrogen-bond acceptors (Lipinski definition) is 4. The lowest BCUT2D eigenvalue weighted by Crippen LogP contribution is -2.35. The number of nitrogens with zero attached hydrogens (tertiary/aromatic N) is 2. The molecule has 1 fully saturated rings. The van der Waals surface area contributed by atoms with Gasteiger partial charge in [-0.05, 0) is 39.3 Å². The molecule has 23 heavy (non-hydrogen) atoms. The van der Waals surface area contributed by atoms with Gasteiger partial charge in [0, 0.05) is 19.0 Å². The molecule has 0 saturated carbocycles. The van der Waals surface area contributed by atoms with Crippen molar-refractivity contribution in [3.05, 3.63) is 24.3 Å². The SMILES string of the molecule is CC(C)(C)OC(=O)N1CC[C@H](COc2nc3ccccc3[nH]2)C1. The summed E-state index contributed by atoms with van der Waals surface area (Å²) in [4.78, 5) is 21.3. The Morgan fingerprint density at radius 1 is 1.39 bits per heavy atom. The molecular formula is C17H23N3O3. The number of aromatic nitrogens is 2. The van der Waals surface area contributed by atoms with Crippen LogP contribution in [-0.4, -0.2) is 46.3 Å². The largest absolute Gasteiger partial charge is 0.464 e. The first-order valence-corrected chi connectivity index (χ1v) is 7.96. The van der Waals surface area contributed by atoms with Crippen LogP contribution >= 0.6 is 0 Å². The summed E-state index contributed by atoms with van der Waals surface area (Å²) in [6.45, 7) is 7.55. The minimum Gasteiger partial charge on any atom is -0.464 e. The standard InChI is InChI=1S/C17H23N3O3/c1-17(2,3)23-16(21)20-9-8-12(10-20)11-22-15-18-13-6-4-5-7-14(13)19-15/h4-7,12H,8-11H2,1-3H3,(H,18,19)/t12-/m0/s1. The lowest BCUT2D eigenvalue weighted by Gasteiger charge is -2.24. The number of fused-ring (bicyclic) bond motifs is 1. The zero-order chi connectivity index (χ0) is 16.4. The highest BCUT2D eigenvalue weighted by molar-refractivity contribution is 5.75. The van der Waals surface area contributed by atoms with Crippen molar-refractivity contribution in [1.29, 1.82) is 0 Å². The molecule has 1 aromatic carbocycles. The highest BCUT2D eigenvalue weighted by atomic mass is 16.6. The predicted octanol–water partition coefficient (Wildman–Crippen LogP) is 3.20. The van der Waals surface area contributed by atoms with Gasteiger partial charge in [-0.25, -0.2) is 4.79 Å². The number of aromatic amines is 1. The van der Waals surface area contributed by atoms with E-state index in [1.165, 1.54) is 0 Å². The van der Waals surface area contributed by atoms with E-state index in [2.05, 4.69) is 9.97 Å². The zero-order valence-electron chi connectivity index (χ0n) is 13.8. The number of benzene rings is 1. The second kappa shape index (κ2) is 6.10. The molecule has 1 aliphatic rings. The molecule has 6 nitrogen and oxygen atoms in total. The summed E-state index contributed by atoms with van der Waals surface area (Å²) < 4.78 is 11.2. The minimum atomic E-state index is -0.458. The van der Waals surface area contributed by atoms with Gasteiger partial charge in [-0.3, -0.25) is 0 Å². The third-order valence-electron chi connectivity index (χ3n) is 3.76. The maximum atomic E-state index is 12.0. The summed E-state index contributed by atoms with van der Waals surface area (Å²) in [5.74, 6) is 0.302. The van der Waals surface area contributed by atoms with Crippen LogP contribution in [0.2, 0.25) is 0 Å². The van der Waals surface area contributed by atoms with Crippen LogP contribution in [0.1, 0.15) is 27.2 Å². The summed E-state index contributed by atoms with van der Waals surface area (Å²) in [6.07, 6.45) is 0.670. The summed E-state index contributed by atoms with van der Waals surface area (Å²) in [6, 6.07) is 8.35. The van der Waals surface area contributed by atoms with Crippen molar-refractivity contribution >= 4 is 17.1 Å². The summed E-state index contributed by atoms with van der Waals surface area (Å²) in [5, 5.41) is 0. The maximum absolute atomic E-state index is 12.0. The van der Waals surface area contributed by atoms with Crippen molar-refractivity contribution in [3.63, 3.8) is 0 Å². The Labute approximate surface area is 135 Å². The van der Waals surface area contributed by atoms with E-state index in [9.17, 15) is 4.79 Å². The van der Waals surface area contributed by atoms with Gasteiger partial charge in [-0.2, -0.15) is 4.98 Å². The molecule has 1 N–H and O–H groups in total. The van der Waals surface area contributed by atoms with Crippen molar-refractivity contribution in [1.82, 2.24) is 14.9 Å². The predicted molar refractivity (Wildman–Crippen MR) is 87.5 cm³/mol. The van der Waals surface area contributed by atoms with Gasteiger partial charge in [0.1, 0.15) is 5.60 Å². The average Bonchev–Trinajstić information content (AvgIpc) is 3.09. The summed E-state index contributed by atoms with van der Waals surface area (Å²) >= 11 is 0. The number of hydrogen-bond donors (Lipinski definition) is 1. The molecule has 0 unspecified atom stereocenters. The first-order valence-electron chi connectivity index (χ1n) is 7.96. The number of amides is 1. The number of carbonyl (C=O) groups excluding carboxylic acids is 1. The molecule has 1 aromatic heterocycles. The number of carbonyl (C=O) groups is 1. The highest BCUT2D eigenvalue weighted by Gasteiger charge is 2.30. The summed E-state index contributed by atoms with van der Waals surface area (Å²) in [7, 11) is 0. The molecule has 1 saturated heterocycles. The molecule has 1 atom stereocenters. The van der Waals surface area contributed by atoms with Crippen LogP contribution in [0.5, 0.6) is 6.01 Å². The zero-order valence-corrected chi connectivity index (χ0v) is 13.8. The van der Waals surface area contributed by atoms with Gasteiger partial charge < -0.3 is 19.4 Å². The second-order valence-corrected chi connectivity index (χ2v) is 6.95. The number of imidazole rings is 1. The first kappa shape index (κ1) is 15.6. The quantitative estimate of drug-likeness (QED) is 0.944. The van der Waals surface area contributed by atoms with E-state index in [1.54, 1.807) is 4.90 Å². The first-order chi connectivity index (χ1) is 10.9. The van der Waals surface area contributed by atoms with Crippen LogP contribution < -0.4 is 4.74 Å². The van der Waals surface area contributed by atoms with Gasteiger partial charge >= 0.3 is 6.09 Å². The van der Waals surface area contributed by atoms with Gasteiger partial charge in [0.2, 0.25) is 0 Å². The maximum Gasteiger partial charge on any atom is 0.410 e. The molecule has 1 amide bonds. The number of nitrogens with one attached hydrogen (secondary N) is 1. The molecule has 2 aromatic rings. The van der Waals surface area contributed by atoms with E-state index >= 15 is 0 Å². The molecule has 1 aliphatic heterocycles. The monoisotopic (exact) mass is 317 g/mol. The Balaban J connectivity index is 1.51. The number of rotatable bonds is 3. The lowest BCUT2D eigenvalue weighted by atomic mass is 10.1. The van der Waals surface area contributed by atoms with E-state index in [0.717, 1.165) is 17.5 Å². The van der Waals surface area contributed by atoms with Gasteiger partial charge in [0.05, 0.1) is 17.6 Å². The van der Waals surface area contributed by atoms with Crippen molar-refractivity contribution < 1.29 is 14.3 Å². The molecule has 0 aliphatic carbocycles. The van der Waals surface area contributed by atoms with E-state index < -0.39 is 5.60 Å². The van der Waals surface area contributed by atoms with Crippen LogP contribution in [0.4, 0.5) is 4.79 Å². The molecule has 2 heterocycles. The van der Waals surface area contributed by atoms with Crippen molar-refractivity contribution in [2.45, 2.75) is 32.8 Å². The van der Waals surface area contributed by atoms with Gasteiger partial charge in [-0.15, -0.1) is 0 Å². The molecular weight excluding hydrogens is 294 g/mol. The third-order valence-corrected chi connectivity index (χ3v) is 3.76. The van der Waals surface area contributed by atoms with Crippen LogP contribution in [0.15, 0.2) is 24.3 Å². The Morgan fingerprint density at radius 2 is 2.17 bits per heavy atom. The van der Waals surface area contributed by atoms with E-state index in [-0.39, 0.29) is 6.09 Å². The Bertz CT molecular complexity index is 657. The molecule has 6 heteroatoms. The topological polar surface area (TPSA) is 67.4 Å².